The normalized spacial score (nSPS) is 13.9. The van der Waals surface area contributed by atoms with Crippen LogP contribution in [-0.4, -0.2) is 22.3 Å². The van der Waals surface area contributed by atoms with Crippen molar-refractivity contribution in [3.8, 4) is 5.75 Å². The number of benzene rings is 1. The lowest BCUT2D eigenvalue weighted by Gasteiger charge is -2.12. The molecule has 0 amide bonds. The Balaban J connectivity index is 2.95. The van der Waals surface area contributed by atoms with Gasteiger partial charge in [0.1, 0.15) is 22.6 Å². The Kier molecular flexibility index (Phi) is 4.40. The van der Waals surface area contributed by atoms with Gasteiger partial charge in [0.25, 0.3) is 0 Å². The highest BCUT2D eigenvalue weighted by Gasteiger charge is 2.18. The second-order valence-electron chi connectivity index (χ2n) is 4.48. The van der Waals surface area contributed by atoms with Crippen LogP contribution in [0.2, 0.25) is 0 Å². The lowest BCUT2D eigenvalue weighted by atomic mass is 10.2. The molecule has 94 valence electrons. The molecule has 0 aliphatic carbocycles. The summed E-state index contributed by atoms with van der Waals surface area (Å²) < 4.78 is 33.5. The molecule has 0 N–H and O–H groups in total. The summed E-state index contributed by atoms with van der Waals surface area (Å²) in [7, 11) is 0.109. The number of rotatable bonds is 3. The SMILES string of the molecule is COc1ccc(F)c(C=N[S@@](=O)C(C)(C)C)c1. The van der Waals surface area contributed by atoms with Crippen LogP contribution in [0, 0.1) is 5.82 Å². The first-order valence-corrected chi connectivity index (χ1v) is 6.25. The van der Waals surface area contributed by atoms with Crippen molar-refractivity contribution in [1.29, 1.82) is 0 Å². The largest absolute Gasteiger partial charge is 0.497 e. The van der Waals surface area contributed by atoms with Crippen LogP contribution in [0.15, 0.2) is 22.6 Å². The van der Waals surface area contributed by atoms with E-state index >= 15 is 0 Å². The quantitative estimate of drug-likeness (QED) is 0.781. The van der Waals surface area contributed by atoms with Crippen LogP contribution in [0.3, 0.4) is 0 Å². The van der Waals surface area contributed by atoms with Gasteiger partial charge in [-0.2, -0.15) is 4.40 Å². The van der Waals surface area contributed by atoms with Crippen LogP contribution in [-0.2, 0) is 11.0 Å². The number of methoxy groups -OCH3 is 1. The first kappa shape index (κ1) is 13.8. The molecule has 1 rings (SSSR count). The second-order valence-corrected chi connectivity index (χ2v) is 6.42. The topological polar surface area (TPSA) is 38.7 Å². The van der Waals surface area contributed by atoms with Gasteiger partial charge in [-0.15, -0.1) is 0 Å². The molecule has 0 unspecified atom stereocenters. The van der Waals surface area contributed by atoms with Gasteiger partial charge in [0.05, 0.1) is 11.9 Å². The molecule has 0 saturated carbocycles. The van der Waals surface area contributed by atoms with Gasteiger partial charge < -0.3 is 4.74 Å². The van der Waals surface area contributed by atoms with Crippen molar-refractivity contribution in [3.63, 3.8) is 0 Å². The Morgan fingerprint density at radius 1 is 1.41 bits per heavy atom. The molecule has 0 saturated heterocycles. The highest BCUT2D eigenvalue weighted by molar-refractivity contribution is 7.85. The Morgan fingerprint density at radius 3 is 2.59 bits per heavy atom. The molecule has 0 heterocycles. The lowest BCUT2D eigenvalue weighted by Crippen LogP contribution is -2.19. The predicted molar refractivity (Wildman–Crippen MR) is 68.4 cm³/mol. The van der Waals surface area contributed by atoms with Gasteiger partial charge in [0.2, 0.25) is 0 Å². The van der Waals surface area contributed by atoms with Gasteiger partial charge in [0, 0.05) is 11.8 Å². The number of hydrogen-bond donors (Lipinski definition) is 0. The highest BCUT2D eigenvalue weighted by Crippen LogP contribution is 2.16. The summed E-state index contributed by atoms with van der Waals surface area (Å²) in [6.45, 7) is 5.42. The number of hydrogen-bond acceptors (Lipinski definition) is 2. The molecule has 0 aliphatic heterocycles. The molecule has 0 bridgehead atoms. The maximum absolute atomic E-state index is 13.4. The minimum atomic E-state index is -1.39. The van der Waals surface area contributed by atoms with Crippen molar-refractivity contribution in [1.82, 2.24) is 0 Å². The van der Waals surface area contributed by atoms with E-state index in [2.05, 4.69) is 4.40 Å². The molecule has 1 aromatic carbocycles. The summed E-state index contributed by atoms with van der Waals surface area (Å²) in [5, 5.41) is 0. The van der Waals surface area contributed by atoms with Crippen molar-refractivity contribution in [2.45, 2.75) is 25.5 Å². The molecular weight excluding hydrogens is 241 g/mol. The summed E-state index contributed by atoms with van der Waals surface area (Å²) in [4.78, 5) is 0. The van der Waals surface area contributed by atoms with E-state index in [1.807, 2.05) is 20.8 Å². The molecule has 3 nitrogen and oxygen atoms in total. The molecular formula is C12H16FNO2S. The molecule has 5 heteroatoms. The fourth-order valence-corrected chi connectivity index (χ4v) is 1.54. The first-order chi connectivity index (χ1) is 7.84. The monoisotopic (exact) mass is 257 g/mol. The van der Waals surface area contributed by atoms with E-state index in [1.165, 1.54) is 31.5 Å². The Morgan fingerprint density at radius 2 is 2.06 bits per heavy atom. The lowest BCUT2D eigenvalue weighted by molar-refractivity contribution is 0.413. The Hall–Kier alpha value is -1.23. The standard InChI is InChI=1S/C12H16FNO2S/c1-12(2,3)17(15)14-8-9-7-10(16-4)5-6-11(9)13/h5-8H,1-4H3/t17-/m0/s1. The zero-order chi connectivity index (χ0) is 13.1. The zero-order valence-corrected chi connectivity index (χ0v) is 11.2. The van der Waals surface area contributed by atoms with Crippen LogP contribution in [0.4, 0.5) is 4.39 Å². The number of ether oxygens (including phenoxy) is 1. The second kappa shape index (κ2) is 5.40. The van der Waals surface area contributed by atoms with E-state index < -0.39 is 21.5 Å². The van der Waals surface area contributed by atoms with Crippen molar-refractivity contribution in [2.24, 2.45) is 4.40 Å². The van der Waals surface area contributed by atoms with Crippen LogP contribution in [0.25, 0.3) is 0 Å². The van der Waals surface area contributed by atoms with Crippen LogP contribution in [0.1, 0.15) is 26.3 Å². The Bertz CT molecular complexity index is 452. The van der Waals surface area contributed by atoms with Crippen LogP contribution >= 0.6 is 0 Å². The molecule has 1 atom stereocenters. The number of nitrogens with zero attached hydrogens (tertiary/aromatic N) is 1. The van der Waals surface area contributed by atoms with E-state index in [9.17, 15) is 8.60 Å². The number of halogens is 1. The molecule has 0 radical (unpaired) electrons. The highest BCUT2D eigenvalue weighted by atomic mass is 32.2. The van der Waals surface area contributed by atoms with Gasteiger partial charge in [-0.25, -0.2) is 8.60 Å². The molecule has 0 spiro atoms. The summed E-state index contributed by atoms with van der Waals surface area (Å²) in [5.74, 6) is 0.120. The minimum Gasteiger partial charge on any atom is -0.497 e. The molecule has 1 aromatic rings. The van der Waals surface area contributed by atoms with E-state index in [-0.39, 0.29) is 5.56 Å². The molecule has 0 aliphatic rings. The van der Waals surface area contributed by atoms with E-state index in [0.717, 1.165) is 0 Å². The van der Waals surface area contributed by atoms with Gasteiger partial charge in [-0.1, -0.05) is 0 Å². The predicted octanol–water partition coefficient (Wildman–Crippen LogP) is 2.72. The third kappa shape index (κ3) is 3.93. The minimum absolute atomic E-state index is 0.266. The maximum Gasteiger partial charge on any atom is 0.144 e. The average Bonchev–Trinajstić information content (AvgIpc) is 2.26. The van der Waals surface area contributed by atoms with Gasteiger partial charge in [-0.3, -0.25) is 0 Å². The van der Waals surface area contributed by atoms with Crippen molar-refractivity contribution in [3.05, 3.63) is 29.6 Å². The van der Waals surface area contributed by atoms with Crippen LogP contribution in [0.5, 0.6) is 5.75 Å². The van der Waals surface area contributed by atoms with Gasteiger partial charge >= 0.3 is 0 Å². The molecule has 0 fully saturated rings. The van der Waals surface area contributed by atoms with E-state index in [1.54, 1.807) is 0 Å². The van der Waals surface area contributed by atoms with Crippen molar-refractivity contribution < 1.29 is 13.3 Å². The Labute approximate surface area is 103 Å². The molecule has 0 aromatic heterocycles. The van der Waals surface area contributed by atoms with Crippen molar-refractivity contribution in [2.75, 3.05) is 7.11 Å². The van der Waals surface area contributed by atoms with E-state index in [4.69, 9.17) is 4.74 Å². The maximum atomic E-state index is 13.4. The van der Waals surface area contributed by atoms with E-state index in [0.29, 0.717) is 5.75 Å². The van der Waals surface area contributed by atoms with Gasteiger partial charge in [-0.05, 0) is 39.0 Å². The first-order valence-electron chi connectivity index (χ1n) is 5.14. The fraction of sp³-hybridized carbons (Fsp3) is 0.417. The van der Waals surface area contributed by atoms with Gasteiger partial charge in [0.15, 0.2) is 0 Å². The summed E-state index contributed by atoms with van der Waals surface area (Å²) in [6, 6.07) is 4.33. The fourth-order valence-electron chi connectivity index (χ4n) is 1.01. The zero-order valence-electron chi connectivity index (χ0n) is 10.4. The third-order valence-electron chi connectivity index (χ3n) is 2.01. The smallest absolute Gasteiger partial charge is 0.144 e. The molecule has 17 heavy (non-hydrogen) atoms. The summed E-state index contributed by atoms with van der Waals surface area (Å²) in [5.41, 5.74) is 0.266. The summed E-state index contributed by atoms with van der Waals surface area (Å²) >= 11 is 0. The van der Waals surface area contributed by atoms with Crippen molar-refractivity contribution >= 4 is 17.2 Å². The third-order valence-corrected chi connectivity index (χ3v) is 3.36. The summed E-state index contributed by atoms with van der Waals surface area (Å²) in [6.07, 6.45) is 1.28. The van der Waals surface area contributed by atoms with Crippen LogP contribution < -0.4 is 4.74 Å². The average molecular weight is 257 g/mol.